The van der Waals surface area contributed by atoms with E-state index in [1.165, 1.54) is 18.2 Å². The Balaban J connectivity index is 2.82. The molecule has 1 rings (SSSR count). The van der Waals surface area contributed by atoms with Crippen molar-refractivity contribution in [3.63, 3.8) is 0 Å². The molecule has 1 aromatic rings. The summed E-state index contributed by atoms with van der Waals surface area (Å²) in [6.45, 7) is 1.98. The van der Waals surface area contributed by atoms with E-state index in [0.717, 1.165) is 12.1 Å². The molecule has 4 nitrogen and oxygen atoms in total. The van der Waals surface area contributed by atoms with Crippen LogP contribution in [0.25, 0.3) is 6.08 Å². The predicted molar refractivity (Wildman–Crippen MR) is 63.6 cm³/mol. The van der Waals surface area contributed by atoms with Gasteiger partial charge < -0.3 is 9.84 Å². The number of carboxylic acids is 1. The molecule has 18 heavy (non-hydrogen) atoms. The summed E-state index contributed by atoms with van der Waals surface area (Å²) in [6, 6.07) is 3.36. The highest BCUT2D eigenvalue weighted by molar-refractivity contribution is 5.92. The standard InChI is InChI=1S/C13H13FO4/c1-2-18-12(15)5-3-4-9-8-10(14)6-7-11(9)13(16)17/h3-4,6-8H,2,5H2,1H3,(H,16,17). The van der Waals surface area contributed by atoms with Gasteiger partial charge >= 0.3 is 11.9 Å². The number of halogens is 1. The summed E-state index contributed by atoms with van der Waals surface area (Å²) < 4.78 is 17.7. The van der Waals surface area contributed by atoms with Crippen molar-refractivity contribution in [1.82, 2.24) is 0 Å². The molecule has 0 atom stereocenters. The second-order valence-electron chi connectivity index (χ2n) is 3.45. The molecule has 96 valence electrons. The first kappa shape index (κ1) is 13.9. The van der Waals surface area contributed by atoms with Crippen LogP contribution in [-0.4, -0.2) is 23.7 Å². The van der Waals surface area contributed by atoms with Gasteiger partial charge in [-0.15, -0.1) is 0 Å². The molecule has 0 heterocycles. The predicted octanol–water partition coefficient (Wildman–Crippen LogP) is 2.49. The van der Waals surface area contributed by atoms with Gasteiger partial charge in [0.2, 0.25) is 0 Å². The molecule has 0 aliphatic heterocycles. The molecule has 0 aliphatic carbocycles. The number of carbonyl (C=O) groups excluding carboxylic acids is 1. The van der Waals surface area contributed by atoms with Gasteiger partial charge in [-0.1, -0.05) is 12.2 Å². The lowest BCUT2D eigenvalue weighted by Gasteiger charge is -2.01. The maximum atomic E-state index is 13.0. The van der Waals surface area contributed by atoms with Crippen LogP contribution >= 0.6 is 0 Å². The molecule has 0 aromatic heterocycles. The minimum Gasteiger partial charge on any atom is -0.478 e. The van der Waals surface area contributed by atoms with Gasteiger partial charge in [0.05, 0.1) is 18.6 Å². The third-order valence-electron chi connectivity index (χ3n) is 2.13. The average Bonchev–Trinajstić information content (AvgIpc) is 2.29. The van der Waals surface area contributed by atoms with E-state index >= 15 is 0 Å². The SMILES string of the molecule is CCOC(=O)CC=Cc1cc(F)ccc1C(=O)O. The van der Waals surface area contributed by atoms with Gasteiger partial charge in [0.25, 0.3) is 0 Å². The monoisotopic (exact) mass is 252 g/mol. The number of ether oxygens (including phenoxy) is 1. The van der Waals surface area contributed by atoms with Gasteiger partial charge in [0.15, 0.2) is 0 Å². The van der Waals surface area contributed by atoms with Crippen LogP contribution in [0.15, 0.2) is 24.3 Å². The summed E-state index contributed by atoms with van der Waals surface area (Å²) in [5, 5.41) is 8.90. The lowest BCUT2D eigenvalue weighted by molar-refractivity contribution is -0.142. The van der Waals surface area contributed by atoms with Crippen molar-refractivity contribution in [2.75, 3.05) is 6.61 Å². The number of esters is 1. The molecule has 0 spiro atoms. The van der Waals surface area contributed by atoms with E-state index in [4.69, 9.17) is 9.84 Å². The van der Waals surface area contributed by atoms with Crippen molar-refractivity contribution < 1.29 is 23.8 Å². The van der Waals surface area contributed by atoms with Crippen LogP contribution in [0.1, 0.15) is 29.3 Å². The average molecular weight is 252 g/mol. The Morgan fingerprint density at radius 2 is 2.17 bits per heavy atom. The molecule has 0 bridgehead atoms. The van der Waals surface area contributed by atoms with Gasteiger partial charge in [0, 0.05) is 0 Å². The number of hydrogen-bond acceptors (Lipinski definition) is 3. The van der Waals surface area contributed by atoms with Crippen LogP contribution in [0.2, 0.25) is 0 Å². The highest BCUT2D eigenvalue weighted by Gasteiger charge is 2.08. The van der Waals surface area contributed by atoms with Crippen LogP contribution < -0.4 is 0 Å². The summed E-state index contributed by atoms with van der Waals surface area (Å²) in [6.07, 6.45) is 2.85. The fourth-order valence-corrected chi connectivity index (χ4v) is 1.37. The third kappa shape index (κ3) is 4.01. The lowest BCUT2D eigenvalue weighted by Crippen LogP contribution is -2.02. The summed E-state index contributed by atoms with van der Waals surface area (Å²) in [7, 11) is 0. The zero-order valence-electron chi connectivity index (χ0n) is 9.85. The maximum absolute atomic E-state index is 13.0. The molecule has 1 aromatic carbocycles. The van der Waals surface area contributed by atoms with E-state index in [0.29, 0.717) is 0 Å². The highest BCUT2D eigenvalue weighted by atomic mass is 19.1. The van der Waals surface area contributed by atoms with Crippen LogP contribution in [0.5, 0.6) is 0 Å². The second kappa shape index (κ2) is 6.54. The number of carbonyl (C=O) groups is 2. The minimum atomic E-state index is -1.15. The van der Waals surface area contributed by atoms with Gasteiger partial charge in [-0.2, -0.15) is 0 Å². The van der Waals surface area contributed by atoms with Gasteiger partial charge in [-0.05, 0) is 30.7 Å². The van der Waals surface area contributed by atoms with Crippen LogP contribution in [-0.2, 0) is 9.53 Å². The molecule has 5 heteroatoms. The lowest BCUT2D eigenvalue weighted by atomic mass is 10.1. The van der Waals surface area contributed by atoms with Crippen molar-refractivity contribution in [1.29, 1.82) is 0 Å². The smallest absolute Gasteiger partial charge is 0.336 e. The maximum Gasteiger partial charge on any atom is 0.336 e. The van der Waals surface area contributed by atoms with Gasteiger partial charge in [-0.25, -0.2) is 9.18 Å². The fourth-order valence-electron chi connectivity index (χ4n) is 1.37. The number of aromatic carboxylic acids is 1. The fraction of sp³-hybridized carbons (Fsp3) is 0.231. The minimum absolute atomic E-state index is 0.0171. The Hall–Kier alpha value is -2.17. The Kier molecular flexibility index (Phi) is 5.05. The number of benzene rings is 1. The number of carboxylic acid groups (broad SMARTS) is 1. The molecule has 0 saturated carbocycles. The Morgan fingerprint density at radius 1 is 1.44 bits per heavy atom. The van der Waals surface area contributed by atoms with E-state index in [-0.39, 0.29) is 24.2 Å². The van der Waals surface area contributed by atoms with Gasteiger partial charge in [-0.3, -0.25) is 4.79 Å². The summed E-state index contributed by atoms with van der Waals surface area (Å²) in [4.78, 5) is 21.9. The van der Waals surface area contributed by atoms with Gasteiger partial charge in [0.1, 0.15) is 5.82 Å². The van der Waals surface area contributed by atoms with Crippen molar-refractivity contribution >= 4 is 18.0 Å². The zero-order chi connectivity index (χ0) is 13.5. The Labute approximate surface area is 104 Å². The van der Waals surface area contributed by atoms with E-state index in [9.17, 15) is 14.0 Å². The molecule has 0 radical (unpaired) electrons. The van der Waals surface area contributed by atoms with Crippen LogP contribution in [0.4, 0.5) is 4.39 Å². The van der Waals surface area contributed by atoms with Crippen molar-refractivity contribution in [3.8, 4) is 0 Å². The molecule has 0 amide bonds. The normalized spacial score (nSPS) is 10.6. The van der Waals surface area contributed by atoms with Crippen molar-refractivity contribution in [2.24, 2.45) is 0 Å². The number of hydrogen-bond donors (Lipinski definition) is 1. The zero-order valence-corrected chi connectivity index (χ0v) is 9.85. The number of rotatable bonds is 5. The topological polar surface area (TPSA) is 63.6 Å². The quantitative estimate of drug-likeness (QED) is 0.818. The largest absolute Gasteiger partial charge is 0.478 e. The molecule has 0 unspecified atom stereocenters. The summed E-state index contributed by atoms with van der Waals surface area (Å²) in [5.74, 6) is -2.09. The molecular weight excluding hydrogens is 239 g/mol. The first-order valence-corrected chi connectivity index (χ1v) is 5.39. The molecule has 0 saturated heterocycles. The molecule has 1 N–H and O–H groups in total. The molecule has 0 aliphatic rings. The van der Waals surface area contributed by atoms with E-state index < -0.39 is 17.8 Å². The third-order valence-corrected chi connectivity index (χ3v) is 2.13. The summed E-state index contributed by atoms with van der Waals surface area (Å²) in [5.41, 5.74) is 0.198. The molecular formula is C13H13FO4. The first-order chi connectivity index (χ1) is 8.54. The van der Waals surface area contributed by atoms with Crippen molar-refractivity contribution in [3.05, 3.63) is 41.2 Å². The van der Waals surface area contributed by atoms with E-state index in [1.807, 2.05) is 0 Å². The van der Waals surface area contributed by atoms with E-state index in [2.05, 4.69) is 0 Å². The molecule has 0 fully saturated rings. The van der Waals surface area contributed by atoms with Crippen LogP contribution in [0, 0.1) is 5.82 Å². The Morgan fingerprint density at radius 3 is 2.78 bits per heavy atom. The summed E-state index contributed by atoms with van der Waals surface area (Å²) >= 11 is 0. The second-order valence-corrected chi connectivity index (χ2v) is 3.45. The highest BCUT2D eigenvalue weighted by Crippen LogP contribution is 2.13. The first-order valence-electron chi connectivity index (χ1n) is 5.39. The van der Waals surface area contributed by atoms with Crippen molar-refractivity contribution in [2.45, 2.75) is 13.3 Å². The Bertz CT molecular complexity index is 480. The van der Waals surface area contributed by atoms with E-state index in [1.54, 1.807) is 6.92 Å². The van der Waals surface area contributed by atoms with Crippen LogP contribution in [0.3, 0.4) is 0 Å².